The highest BCUT2D eigenvalue weighted by Crippen LogP contribution is 2.11. The Hall–Kier alpha value is -1.75. The van der Waals surface area contributed by atoms with E-state index in [1.807, 2.05) is 9.80 Å². The fourth-order valence-corrected chi connectivity index (χ4v) is 4.67. The van der Waals surface area contributed by atoms with Crippen molar-refractivity contribution in [3.63, 3.8) is 0 Å². The highest BCUT2D eigenvalue weighted by Gasteiger charge is 2.19. The smallest absolute Gasteiger partial charge is 0.317 e. The maximum absolute atomic E-state index is 11.4. The Labute approximate surface area is 217 Å². The van der Waals surface area contributed by atoms with Crippen molar-refractivity contribution >= 4 is 17.9 Å². The van der Waals surface area contributed by atoms with Gasteiger partial charge in [0.1, 0.15) is 0 Å². The fourth-order valence-electron chi connectivity index (χ4n) is 4.67. The number of carboxylic acid groups (broad SMARTS) is 3. The number of hydrogen-bond acceptors (Lipinski definition) is 7. The SMILES string of the molecule is CCCCCCCCCCCCN1CCN(CC(=O)O)CCN(CC(=O)O)CCN(CC(=O)O)CC1. The molecule has 1 heterocycles. The van der Waals surface area contributed by atoms with Gasteiger partial charge in [0.25, 0.3) is 0 Å². The Morgan fingerprint density at radius 3 is 1.06 bits per heavy atom. The summed E-state index contributed by atoms with van der Waals surface area (Å²) in [5.41, 5.74) is 0. The number of unbranched alkanes of at least 4 members (excludes halogenated alkanes) is 9. The molecule has 0 saturated carbocycles. The van der Waals surface area contributed by atoms with Gasteiger partial charge in [-0.3, -0.25) is 29.1 Å². The van der Waals surface area contributed by atoms with Crippen LogP contribution in [-0.4, -0.2) is 131 Å². The van der Waals surface area contributed by atoms with Gasteiger partial charge in [0.05, 0.1) is 19.6 Å². The number of aliphatic carboxylic acids is 3. The van der Waals surface area contributed by atoms with Gasteiger partial charge in [0.2, 0.25) is 0 Å². The predicted molar refractivity (Wildman–Crippen MR) is 141 cm³/mol. The first-order valence-electron chi connectivity index (χ1n) is 13.8. The second-order valence-electron chi connectivity index (χ2n) is 10.0. The van der Waals surface area contributed by atoms with Crippen LogP contribution in [-0.2, 0) is 14.4 Å². The monoisotopic (exact) mass is 514 g/mol. The molecule has 0 aliphatic carbocycles. The van der Waals surface area contributed by atoms with E-state index in [4.69, 9.17) is 0 Å². The summed E-state index contributed by atoms with van der Waals surface area (Å²) in [5.74, 6) is -2.72. The van der Waals surface area contributed by atoms with Gasteiger partial charge in [-0.1, -0.05) is 64.7 Å². The van der Waals surface area contributed by atoms with Crippen LogP contribution in [0.15, 0.2) is 0 Å². The van der Waals surface area contributed by atoms with Crippen molar-refractivity contribution in [2.24, 2.45) is 0 Å². The van der Waals surface area contributed by atoms with E-state index in [0.717, 1.165) is 13.0 Å². The third-order valence-electron chi connectivity index (χ3n) is 6.83. The first kappa shape index (κ1) is 32.3. The molecule has 0 spiro atoms. The number of carboxylic acids is 3. The van der Waals surface area contributed by atoms with Crippen molar-refractivity contribution in [3.05, 3.63) is 0 Å². The third-order valence-corrected chi connectivity index (χ3v) is 6.83. The molecule has 10 nitrogen and oxygen atoms in total. The minimum Gasteiger partial charge on any atom is -0.480 e. The molecular formula is C26H50N4O6. The van der Waals surface area contributed by atoms with Crippen LogP contribution in [0, 0.1) is 0 Å². The summed E-state index contributed by atoms with van der Waals surface area (Å²) < 4.78 is 0. The summed E-state index contributed by atoms with van der Waals surface area (Å²) in [6, 6.07) is 0. The number of carbonyl (C=O) groups is 3. The molecule has 1 saturated heterocycles. The summed E-state index contributed by atoms with van der Waals surface area (Å²) in [4.78, 5) is 41.9. The van der Waals surface area contributed by atoms with E-state index in [0.29, 0.717) is 52.4 Å². The molecule has 1 rings (SSSR count). The van der Waals surface area contributed by atoms with E-state index in [2.05, 4.69) is 11.8 Å². The minimum atomic E-state index is -0.945. The van der Waals surface area contributed by atoms with Gasteiger partial charge in [0.15, 0.2) is 0 Å². The summed E-state index contributed by atoms with van der Waals surface area (Å²) in [6.07, 6.45) is 12.7. The van der Waals surface area contributed by atoms with E-state index in [9.17, 15) is 29.7 Å². The van der Waals surface area contributed by atoms with Crippen molar-refractivity contribution in [2.45, 2.75) is 71.1 Å². The average Bonchev–Trinajstić information content (AvgIpc) is 2.80. The summed E-state index contributed by atoms with van der Waals surface area (Å²) in [6.45, 7) is 7.25. The Balaban J connectivity index is 2.61. The molecule has 0 amide bonds. The maximum Gasteiger partial charge on any atom is 0.317 e. The lowest BCUT2D eigenvalue weighted by atomic mass is 10.1. The van der Waals surface area contributed by atoms with Crippen LogP contribution in [0.5, 0.6) is 0 Å². The highest BCUT2D eigenvalue weighted by molar-refractivity contribution is 5.69. The summed E-state index contributed by atoms with van der Waals surface area (Å²) in [7, 11) is 0. The Kier molecular flexibility index (Phi) is 18.2. The highest BCUT2D eigenvalue weighted by atomic mass is 16.4. The van der Waals surface area contributed by atoms with Gasteiger partial charge in [-0.25, -0.2) is 0 Å². The van der Waals surface area contributed by atoms with E-state index in [1.54, 1.807) is 4.90 Å². The van der Waals surface area contributed by atoms with E-state index in [-0.39, 0.29) is 19.6 Å². The molecule has 10 heteroatoms. The maximum atomic E-state index is 11.4. The quantitative estimate of drug-likeness (QED) is 0.249. The van der Waals surface area contributed by atoms with Gasteiger partial charge in [-0.2, -0.15) is 0 Å². The Bertz CT molecular complexity index is 589. The van der Waals surface area contributed by atoms with E-state index in [1.165, 1.54) is 57.8 Å². The Morgan fingerprint density at radius 1 is 0.472 bits per heavy atom. The van der Waals surface area contributed by atoms with Crippen LogP contribution in [0.4, 0.5) is 0 Å². The fraction of sp³-hybridized carbons (Fsp3) is 0.885. The standard InChI is InChI=1S/C26H50N4O6/c1-2-3-4-5-6-7-8-9-10-11-12-27-13-15-28(21-24(31)32)17-19-30(23-26(35)36)20-18-29(16-14-27)22-25(33)34/h2-23H2,1H3,(H,31,32)(H,33,34)(H,35,36). The van der Waals surface area contributed by atoms with Crippen LogP contribution in [0.3, 0.4) is 0 Å². The summed E-state index contributed by atoms with van der Waals surface area (Å²) in [5, 5.41) is 27.9. The molecule has 0 aromatic heterocycles. The molecule has 0 bridgehead atoms. The average molecular weight is 515 g/mol. The predicted octanol–water partition coefficient (Wildman–Crippen LogP) is 2.38. The van der Waals surface area contributed by atoms with Gasteiger partial charge < -0.3 is 20.2 Å². The molecule has 0 unspecified atom stereocenters. The van der Waals surface area contributed by atoms with E-state index >= 15 is 0 Å². The van der Waals surface area contributed by atoms with E-state index < -0.39 is 17.9 Å². The first-order valence-corrected chi connectivity index (χ1v) is 13.8. The van der Waals surface area contributed by atoms with Gasteiger partial charge in [-0.05, 0) is 13.0 Å². The largest absolute Gasteiger partial charge is 0.480 e. The van der Waals surface area contributed by atoms with Crippen molar-refractivity contribution in [3.8, 4) is 0 Å². The second-order valence-corrected chi connectivity index (χ2v) is 10.0. The van der Waals surface area contributed by atoms with Crippen LogP contribution >= 0.6 is 0 Å². The molecule has 210 valence electrons. The Morgan fingerprint density at radius 2 is 0.750 bits per heavy atom. The zero-order valence-corrected chi connectivity index (χ0v) is 22.4. The van der Waals surface area contributed by atoms with Crippen molar-refractivity contribution in [1.29, 1.82) is 0 Å². The van der Waals surface area contributed by atoms with Crippen molar-refractivity contribution in [1.82, 2.24) is 19.6 Å². The third kappa shape index (κ3) is 17.6. The normalized spacial score (nSPS) is 17.9. The number of hydrogen-bond donors (Lipinski definition) is 3. The van der Waals surface area contributed by atoms with Crippen molar-refractivity contribution < 1.29 is 29.7 Å². The molecule has 0 aromatic rings. The van der Waals surface area contributed by atoms with Gasteiger partial charge in [-0.15, -0.1) is 0 Å². The van der Waals surface area contributed by atoms with Crippen molar-refractivity contribution in [2.75, 3.05) is 78.5 Å². The number of nitrogens with zero attached hydrogens (tertiary/aromatic N) is 4. The molecule has 3 N–H and O–H groups in total. The molecular weight excluding hydrogens is 464 g/mol. The molecule has 1 aliphatic heterocycles. The zero-order valence-electron chi connectivity index (χ0n) is 22.4. The van der Waals surface area contributed by atoms with Gasteiger partial charge >= 0.3 is 17.9 Å². The molecule has 0 radical (unpaired) electrons. The first-order chi connectivity index (χ1) is 17.3. The zero-order chi connectivity index (χ0) is 26.6. The van der Waals surface area contributed by atoms with Crippen LogP contribution < -0.4 is 0 Å². The molecule has 1 fully saturated rings. The number of rotatable bonds is 17. The molecule has 0 atom stereocenters. The van der Waals surface area contributed by atoms with Crippen LogP contribution in [0.1, 0.15) is 71.1 Å². The lowest BCUT2D eigenvalue weighted by Crippen LogP contribution is -2.48. The van der Waals surface area contributed by atoms with Crippen LogP contribution in [0.2, 0.25) is 0 Å². The molecule has 0 aromatic carbocycles. The molecule has 36 heavy (non-hydrogen) atoms. The topological polar surface area (TPSA) is 125 Å². The van der Waals surface area contributed by atoms with Gasteiger partial charge in [0, 0.05) is 52.4 Å². The summed E-state index contributed by atoms with van der Waals surface area (Å²) >= 11 is 0. The lowest BCUT2D eigenvalue weighted by molar-refractivity contribution is -0.140. The minimum absolute atomic E-state index is 0.0713. The van der Waals surface area contributed by atoms with Crippen LogP contribution in [0.25, 0.3) is 0 Å². The lowest BCUT2D eigenvalue weighted by Gasteiger charge is -2.33. The second kappa shape index (κ2) is 20.3. The molecule has 1 aliphatic rings.